The number of hydrogen-bond acceptors (Lipinski definition) is 7. The molecular formula is C30H43ClN6O3. The molecule has 0 radical (unpaired) electrons. The summed E-state index contributed by atoms with van der Waals surface area (Å²) >= 11 is 6.09. The minimum absolute atomic E-state index is 0.110. The fraction of sp³-hybridized carbons (Fsp3) is 0.467. The highest BCUT2D eigenvalue weighted by molar-refractivity contribution is 6.30. The molecule has 0 aliphatic carbocycles. The van der Waals surface area contributed by atoms with E-state index in [1.54, 1.807) is 29.2 Å². The van der Waals surface area contributed by atoms with E-state index in [2.05, 4.69) is 16.5 Å². The van der Waals surface area contributed by atoms with Gasteiger partial charge in [0.15, 0.2) is 6.29 Å². The van der Waals surface area contributed by atoms with Crippen molar-refractivity contribution >= 4 is 35.5 Å². The van der Waals surface area contributed by atoms with Gasteiger partial charge in [-0.3, -0.25) is 14.7 Å². The van der Waals surface area contributed by atoms with Gasteiger partial charge in [-0.05, 0) is 70.9 Å². The number of carbonyl (C=O) groups is 1. The largest absolute Gasteiger partial charge is 0.368 e. The molecule has 218 valence electrons. The molecule has 0 spiro atoms. The van der Waals surface area contributed by atoms with Crippen molar-refractivity contribution in [2.24, 2.45) is 4.99 Å². The molecule has 0 aliphatic heterocycles. The minimum Gasteiger partial charge on any atom is -0.368 e. The van der Waals surface area contributed by atoms with E-state index in [1.807, 2.05) is 52.0 Å². The van der Waals surface area contributed by atoms with Crippen LogP contribution in [-0.2, 0) is 11.2 Å². The number of unbranched alkanes of at least 4 members (excludes halogenated alkanes) is 1. The van der Waals surface area contributed by atoms with Crippen LogP contribution in [0.4, 0.5) is 0 Å². The standard InChI is InChI=1S/C30H43ClN6O3/c1-7-25-26(17-18-28(38)37(8-2)20-19-36(6)21-32-22(3)35(4)5)33-27(11-9-10-12-29(39)40)30(34-25)23-13-15-24(31)16-14-23/h7,13-18,29,39-40H,1,8-12,19-21H2,2-6H3/b18-17+,32-22-. The zero-order valence-electron chi connectivity index (χ0n) is 24.3. The summed E-state index contributed by atoms with van der Waals surface area (Å²) in [6, 6.07) is 7.39. The summed E-state index contributed by atoms with van der Waals surface area (Å²) in [5, 5.41) is 19.0. The fourth-order valence-electron chi connectivity index (χ4n) is 3.81. The second kappa shape index (κ2) is 16.9. The predicted octanol–water partition coefficient (Wildman–Crippen LogP) is 4.19. The van der Waals surface area contributed by atoms with E-state index in [1.165, 1.54) is 6.08 Å². The summed E-state index contributed by atoms with van der Waals surface area (Å²) in [7, 11) is 5.90. The maximum absolute atomic E-state index is 13.0. The van der Waals surface area contributed by atoms with Gasteiger partial charge in [0, 0.05) is 50.4 Å². The quantitative estimate of drug-likeness (QED) is 0.109. The number of hydrogen-bond donors (Lipinski definition) is 2. The number of aryl methyl sites for hydroxylation is 1. The lowest BCUT2D eigenvalue weighted by Gasteiger charge is -2.23. The van der Waals surface area contributed by atoms with Crippen LogP contribution < -0.4 is 0 Å². The van der Waals surface area contributed by atoms with Gasteiger partial charge in [-0.25, -0.2) is 9.97 Å². The number of amides is 1. The van der Waals surface area contributed by atoms with E-state index in [4.69, 9.17) is 21.6 Å². The highest BCUT2D eigenvalue weighted by atomic mass is 35.5. The number of halogens is 1. The molecule has 0 aliphatic rings. The lowest BCUT2D eigenvalue weighted by Crippen LogP contribution is -2.37. The van der Waals surface area contributed by atoms with Crippen LogP contribution in [0.2, 0.25) is 5.02 Å². The second-order valence-corrected chi connectivity index (χ2v) is 10.2. The molecule has 0 saturated carbocycles. The highest BCUT2D eigenvalue weighted by Crippen LogP contribution is 2.26. The third-order valence-electron chi connectivity index (χ3n) is 6.48. The molecule has 0 unspecified atom stereocenters. The molecule has 2 rings (SSSR count). The van der Waals surface area contributed by atoms with Crippen molar-refractivity contribution < 1.29 is 15.0 Å². The Labute approximate surface area is 243 Å². The van der Waals surface area contributed by atoms with Crippen LogP contribution in [0.3, 0.4) is 0 Å². The van der Waals surface area contributed by atoms with Crippen molar-refractivity contribution in [2.75, 3.05) is 47.4 Å². The van der Waals surface area contributed by atoms with Gasteiger partial charge < -0.3 is 20.0 Å². The van der Waals surface area contributed by atoms with Crippen LogP contribution in [0, 0.1) is 0 Å². The van der Waals surface area contributed by atoms with Gasteiger partial charge >= 0.3 is 0 Å². The smallest absolute Gasteiger partial charge is 0.246 e. The normalized spacial score (nSPS) is 12.0. The molecular weight excluding hydrogens is 528 g/mol. The Bertz CT molecular complexity index is 1160. The molecule has 1 heterocycles. The summed E-state index contributed by atoms with van der Waals surface area (Å²) in [5.41, 5.74) is 3.47. The summed E-state index contributed by atoms with van der Waals surface area (Å²) < 4.78 is 0. The second-order valence-electron chi connectivity index (χ2n) is 9.80. The van der Waals surface area contributed by atoms with Gasteiger partial charge in [0.1, 0.15) is 0 Å². The molecule has 40 heavy (non-hydrogen) atoms. The van der Waals surface area contributed by atoms with Gasteiger partial charge in [-0.2, -0.15) is 0 Å². The zero-order valence-corrected chi connectivity index (χ0v) is 25.1. The van der Waals surface area contributed by atoms with Crippen molar-refractivity contribution in [3.05, 3.63) is 59.0 Å². The molecule has 2 aromatic rings. The first-order chi connectivity index (χ1) is 19.0. The third-order valence-corrected chi connectivity index (χ3v) is 6.73. The first-order valence-corrected chi connectivity index (χ1v) is 13.9. The van der Waals surface area contributed by atoms with Crippen LogP contribution in [0.15, 0.2) is 41.9 Å². The van der Waals surface area contributed by atoms with Crippen LogP contribution >= 0.6 is 11.6 Å². The van der Waals surface area contributed by atoms with Crippen molar-refractivity contribution in [1.29, 1.82) is 0 Å². The van der Waals surface area contributed by atoms with E-state index in [0.29, 0.717) is 74.1 Å². The maximum Gasteiger partial charge on any atom is 0.246 e. The number of rotatable bonds is 15. The minimum atomic E-state index is -1.33. The lowest BCUT2D eigenvalue weighted by molar-refractivity contribution is -0.125. The molecule has 1 aromatic heterocycles. The number of amidine groups is 1. The van der Waals surface area contributed by atoms with Gasteiger partial charge in [-0.1, -0.05) is 30.3 Å². The summed E-state index contributed by atoms with van der Waals surface area (Å²) in [6.07, 6.45) is 5.74. The third kappa shape index (κ3) is 10.8. The fourth-order valence-corrected chi connectivity index (χ4v) is 3.94. The van der Waals surface area contributed by atoms with Crippen molar-refractivity contribution in [3.8, 4) is 11.3 Å². The van der Waals surface area contributed by atoms with Crippen molar-refractivity contribution in [1.82, 2.24) is 24.7 Å². The van der Waals surface area contributed by atoms with Gasteiger partial charge in [0.25, 0.3) is 0 Å². The van der Waals surface area contributed by atoms with E-state index in [-0.39, 0.29) is 5.91 Å². The summed E-state index contributed by atoms with van der Waals surface area (Å²) in [6.45, 7) is 10.2. The van der Waals surface area contributed by atoms with Crippen molar-refractivity contribution in [2.45, 2.75) is 45.8 Å². The van der Waals surface area contributed by atoms with E-state index < -0.39 is 6.29 Å². The molecule has 2 N–H and O–H groups in total. The molecule has 10 heteroatoms. The zero-order chi connectivity index (χ0) is 29.7. The summed E-state index contributed by atoms with van der Waals surface area (Å²) in [4.78, 5) is 33.1. The number of aliphatic hydroxyl groups excluding tert-OH is 1. The van der Waals surface area contributed by atoms with Crippen LogP contribution in [0.1, 0.15) is 50.2 Å². The Morgan fingerprint density at radius 3 is 2.40 bits per heavy atom. The van der Waals surface area contributed by atoms with Gasteiger partial charge in [0.05, 0.1) is 35.3 Å². The van der Waals surface area contributed by atoms with E-state index in [0.717, 1.165) is 17.1 Å². The predicted molar refractivity (Wildman–Crippen MR) is 164 cm³/mol. The number of likely N-dealkylation sites (N-methyl/N-ethyl adjacent to an activating group) is 2. The maximum atomic E-state index is 13.0. The Balaban J connectivity index is 2.23. The molecule has 1 aromatic carbocycles. The topological polar surface area (TPSA) is 105 Å². The first kappa shape index (κ1) is 33.1. The highest BCUT2D eigenvalue weighted by Gasteiger charge is 2.15. The molecule has 0 saturated heterocycles. The average Bonchev–Trinajstić information content (AvgIpc) is 2.93. The van der Waals surface area contributed by atoms with Gasteiger partial charge in [-0.15, -0.1) is 0 Å². The molecule has 0 fully saturated rings. The summed E-state index contributed by atoms with van der Waals surface area (Å²) in [5.74, 6) is 0.839. The van der Waals surface area contributed by atoms with E-state index >= 15 is 0 Å². The van der Waals surface area contributed by atoms with Crippen LogP contribution in [0.5, 0.6) is 0 Å². The Hall–Kier alpha value is -3.11. The Kier molecular flexibility index (Phi) is 14.0. The Morgan fingerprint density at radius 1 is 1.10 bits per heavy atom. The van der Waals surface area contributed by atoms with E-state index in [9.17, 15) is 15.0 Å². The molecule has 0 bridgehead atoms. The molecule has 1 amide bonds. The number of nitrogens with zero attached hydrogens (tertiary/aromatic N) is 6. The van der Waals surface area contributed by atoms with Crippen LogP contribution in [-0.4, -0.2) is 100 Å². The average molecular weight is 571 g/mol. The Morgan fingerprint density at radius 2 is 1.80 bits per heavy atom. The SMILES string of the molecule is C=Cc1nc(-c2ccc(Cl)cc2)c(CCCCC(O)O)nc1/C=C/C(=O)N(CC)CCN(C)C/N=C(/C)N(C)C. The number of aliphatic imine (C=N–C) groups is 1. The first-order valence-electron chi connectivity index (χ1n) is 13.5. The number of aliphatic hydroxyl groups is 2. The van der Waals surface area contributed by atoms with Gasteiger partial charge in [0.2, 0.25) is 5.91 Å². The number of carbonyl (C=O) groups excluding carboxylic acids is 1. The lowest BCUT2D eigenvalue weighted by atomic mass is 10.0. The monoisotopic (exact) mass is 570 g/mol. The van der Waals surface area contributed by atoms with Crippen LogP contribution in [0.25, 0.3) is 23.4 Å². The molecule has 0 atom stereocenters. The number of benzene rings is 1. The van der Waals surface area contributed by atoms with Crippen molar-refractivity contribution in [3.63, 3.8) is 0 Å². The number of aromatic nitrogens is 2. The molecule has 9 nitrogen and oxygen atoms in total.